The first-order chi connectivity index (χ1) is 10.3. The summed E-state index contributed by atoms with van der Waals surface area (Å²) in [4.78, 5) is 4.59. The quantitative estimate of drug-likeness (QED) is 0.925. The van der Waals surface area contributed by atoms with Crippen LogP contribution in [0.1, 0.15) is 48.7 Å². The molecular weight excluding hydrogens is 260 g/mol. The first-order valence-electron chi connectivity index (χ1n) is 7.61. The molecule has 0 spiro atoms. The molecule has 0 bridgehead atoms. The molecule has 0 amide bonds. The van der Waals surface area contributed by atoms with E-state index in [1.807, 2.05) is 24.4 Å². The number of benzene rings is 1. The smallest absolute Gasteiger partial charge is 0.118 e. The Morgan fingerprint density at radius 3 is 2.81 bits per heavy atom. The lowest BCUT2D eigenvalue weighted by atomic mass is 9.91. The van der Waals surface area contributed by atoms with Gasteiger partial charge in [0.2, 0.25) is 0 Å². The number of hydrogen-bond donors (Lipinski definition) is 1. The van der Waals surface area contributed by atoms with E-state index in [1.54, 1.807) is 7.11 Å². The number of aryl methyl sites for hydroxylation is 1. The first-order valence-corrected chi connectivity index (χ1v) is 7.61. The summed E-state index contributed by atoms with van der Waals surface area (Å²) in [7, 11) is 1.70. The van der Waals surface area contributed by atoms with Crippen molar-refractivity contribution in [1.82, 2.24) is 10.3 Å². The van der Waals surface area contributed by atoms with Gasteiger partial charge < -0.3 is 10.1 Å². The predicted molar refractivity (Wildman–Crippen MR) is 84.5 cm³/mol. The maximum Gasteiger partial charge on any atom is 0.118 e. The van der Waals surface area contributed by atoms with Crippen LogP contribution in [0.3, 0.4) is 0 Å². The van der Waals surface area contributed by atoms with Gasteiger partial charge in [-0.15, -0.1) is 0 Å². The van der Waals surface area contributed by atoms with E-state index in [4.69, 9.17) is 4.74 Å². The van der Waals surface area contributed by atoms with Crippen LogP contribution in [0.5, 0.6) is 5.75 Å². The number of methoxy groups -OCH3 is 1. The second-order valence-corrected chi connectivity index (χ2v) is 5.65. The third-order valence-electron chi connectivity index (χ3n) is 4.26. The van der Waals surface area contributed by atoms with Crippen LogP contribution in [-0.4, -0.2) is 12.1 Å². The van der Waals surface area contributed by atoms with Gasteiger partial charge >= 0.3 is 0 Å². The second kappa shape index (κ2) is 6.27. The van der Waals surface area contributed by atoms with Gasteiger partial charge in [-0.25, -0.2) is 0 Å². The Labute approximate surface area is 126 Å². The Morgan fingerprint density at radius 1 is 1.24 bits per heavy atom. The lowest BCUT2D eigenvalue weighted by Crippen LogP contribution is -2.28. The third-order valence-corrected chi connectivity index (χ3v) is 4.26. The minimum absolute atomic E-state index is 0.300. The third kappa shape index (κ3) is 3.08. The molecule has 0 saturated carbocycles. The van der Waals surface area contributed by atoms with Crippen LogP contribution < -0.4 is 10.1 Å². The number of pyridine rings is 1. The molecule has 0 radical (unpaired) electrons. The molecule has 1 aliphatic carbocycles. The van der Waals surface area contributed by atoms with Crippen molar-refractivity contribution in [3.8, 4) is 5.75 Å². The van der Waals surface area contributed by atoms with Crippen molar-refractivity contribution in [3.05, 3.63) is 59.4 Å². The summed E-state index contributed by atoms with van der Waals surface area (Å²) in [5.41, 5.74) is 3.89. The lowest BCUT2D eigenvalue weighted by Gasteiger charge is -2.28. The minimum atomic E-state index is 0.300. The van der Waals surface area contributed by atoms with Crippen molar-refractivity contribution in [2.24, 2.45) is 0 Å². The average molecular weight is 282 g/mol. The van der Waals surface area contributed by atoms with Crippen LogP contribution >= 0.6 is 0 Å². The Bertz CT molecular complexity index is 594. The molecule has 0 fully saturated rings. The fourth-order valence-electron chi connectivity index (χ4n) is 3.06. The van der Waals surface area contributed by atoms with Gasteiger partial charge in [-0.05, 0) is 55.5 Å². The van der Waals surface area contributed by atoms with E-state index in [0.717, 1.165) is 18.6 Å². The molecule has 1 aromatic carbocycles. The molecule has 1 aromatic heterocycles. The first kappa shape index (κ1) is 14.1. The van der Waals surface area contributed by atoms with Crippen LogP contribution in [0.15, 0.2) is 42.6 Å². The van der Waals surface area contributed by atoms with Gasteiger partial charge in [-0.2, -0.15) is 0 Å². The van der Waals surface area contributed by atoms with Gasteiger partial charge in [0, 0.05) is 12.2 Å². The molecule has 3 nitrogen and oxygen atoms in total. The van der Waals surface area contributed by atoms with E-state index in [-0.39, 0.29) is 0 Å². The van der Waals surface area contributed by atoms with Gasteiger partial charge in [0.15, 0.2) is 0 Å². The highest BCUT2D eigenvalue weighted by Gasteiger charge is 2.22. The Balaban J connectivity index is 1.74. The van der Waals surface area contributed by atoms with Gasteiger partial charge in [-0.1, -0.05) is 18.2 Å². The van der Waals surface area contributed by atoms with Crippen LogP contribution in [0.2, 0.25) is 0 Å². The van der Waals surface area contributed by atoms with E-state index in [1.165, 1.54) is 23.2 Å². The van der Waals surface area contributed by atoms with Crippen LogP contribution in [0.25, 0.3) is 0 Å². The average Bonchev–Trinajstić information content (AvgIpc) is 2.55. The van der Waals surface area contributed by atoms with Crippen molar-refractivity contribution < 1.29 is 4.74 Å². The van der Waals surface area contributed by atoms with E-state index >= 15 is 0 Å². The highest BCUT2D eigenvalue weighted by atomic mass is 16.5. The molecule has 1 N–H and O–H groups in total. The molecule has 21 heavy (non-hydrogen) atoms. The topological polar surface area (TPSA) is 34.1 Å². The molecule has 3 heteroatoms. The zero-order valence-electron chi connectivity index (χ0n) is 12.7. The maximum absolute atomic E-state index is 5.21. The number of nitrogens with zero attached hydrogens (tertiary/aromatic N) is 1. The molecule has 1 aliphatic rings. The largest absolute Gasteiger partial charge is 0.497 e. The predicted octanol–water partition coefficient (Wildman–Crippen LogP) is 3.82. The standard InChI is InChI=1S/C18H22N2O/c1-13(14-8-10-16(21-2)11-9-14)20-17-7-3-5-15-6-4-12-19-18(15)17/h4,6,8-13,17,20H,3,5,7H2,1-2H3/t13-,17?/m1/s1. The van der Waals surface area contributed by atoms with E-state index in [2.05, 4.69) is 35.4 Å². The zero-order valence-corrected chi connectivity index (χ0v) is 12.7. The van der Waals surface area contributed by atoms with Gasteiger partial charge in [0.05, 0.1) is 18.8 Å². The van der Waals surface area contributed by atoms with Crippen molar-refractivity contribution >= 4 is 0 Å². The van der Waals surface area contributed by atoms with Gasteiger partial charge in [0.25, 0.3) is 0 Å². The summed E-state index contributed by atoms with van der Waals surface area (Å²) in [5.74, 6) is 0.899. The molecular formula is C18H22N2O. The van der Waals surface area contributed by atoms with E-state index < -0.39 is 0 Å². The number of ether oxygens (including phenoxy) is 1. The minimum Gasteiger partial charge on any atom is -0.497 e. The van der Waals surface area contributed by atoms with Crippen LogP contribution in [-0.2, 0) is 6.42 Å². The van der Waals surface area contributed by atoms with Crippen molar-refractivity contribution in [3.63, 3.8) is 0 Å². The van der Waals surface area contributed by atoms with Gasteiger partial charge in [0.1, 0.15) is 5.75 Å². The Kier molecular flexibility index (Phi) is 4.20. The molecule has 3 rings (SSSR count). The summed E-state index contributed by atoms with van der Waals surface area (Å²) >= 11 is 0. The summed E-state index contributed by atoms with van der Waals surface area (Å²) in [5, 5.41) is 3.73. The monoisotopic (exact) mass is 282 g/mol. The summed E-state index contributed by atoms with van der Waals surface area (Å²) < 4.78 is 5.21. The highest BCUT2D eigenvalue weighted by molar-refractivity contribution is 5.30. The summed E-state index contributed by atoms with van der Waals surface area (Å²) in [6, 6.07) is 13.2. The second-order valence-electron chi connectivity index (χ2n) is 5.65. The van der Waals surface area contributed by atoms with E-state index in [9.17, 15) is 0 Å². The summed E-state index contributed by atoms with van der Waals surface area (Å²) in [6.45, 7) is 2.21. The molecule has 0 saturated heterocycles. The van der Waals surface area contributed by atoms with Gasteiger partial charge in [-0.3, -0.25) is 4.98 Å². The van der Waals surface area contributed by atoms with Crippen molar-refractivity contribution in [2.75, 3.05) is 7.11 Å². The fraction of sp³-hybridized carbons (Fsp3) is 0.389. The number of hydrogen-bond acceptors (Lipinski definition) is 3. The number of rotatable bonds is 4. The Hall–Kier alpha value is -1.87. The van der Waals surface area contributed by atoms with Crippen LogP contribution in [0.4, 0.5) is 0 Å². The molecule has 0 aliphatic heterocycles. The molecule has 110 valence electrons. The molecule has 1 heterocycles. The summed E-state index contributed by atoms with van der Waals surface area (Å²) in [6.07, 6.45) is 5.44. The lowest BCUT2D eigenvalue weighted by molar-refractivity contribution is 0.403. The number of aromatic nitrogens is 1. The van der Waals surface area contributed by atoms with Crippen molar-refractivity contribution in [2.45, 2.75) is 38.3 Å². The maximum atomic E-state index is 5.21. The normalized spacial score (nSPS) is 18.9. The SMILES string of the molecule is COc1ccc([C@@H](C)NC2CCCc3cccnc32)cc1. The molecule has 1 unspecified atom stereocenters. The van der Waals surface area contributed by atoms with Crippen LogP contribution in [0, 0.1) is 0 Å². The zero-order chi connectivity index (χ0) is 14.7. The number of nitrogens with one attached hydrogen (secondary N) is 1. The van der Waals surface area contributed by atoms with E-state index in [0.29, 0.717) is 12.1 Å². The molecule has 2 aromatic rings. The van der Waals surface area contributed by atoms with Crippen molar-refractivity contribution in [1.29, 1.82) is 0 Å². The molecule has 2 atom stereocenters. The number of fused-ring (bicyclic) bond motifs is 1. The Morgan fingerprint density at radius 2 is 2.05 bits per heavy atom. The highest BCUT2D eigenvalue weighted by Crippen LogP contribution is 2.30. The fourth-order valence-corrected chi connectivity index (χ4v) is 3.06.